The third-order valence-electron chi connectivity index (χ3n) is 2.72. The highest BCUT2D eigenvalue weighted by atomic mass is 127. The fraction of sp³-hybridized carbons (Fsp3) is 0.385. The molecule has 3 N–H and O–H groups in total. The maximum atomic E-state index is 11.5. The first kappa shape index (κ1) is 13.9. The van der Waals surface area contributed by atoms with Crippen LogP contribution in [0.1, 0.15) is 24.8 Å². The number of carbonyl (C=O) groups excluding carboxylic acids is 1. The molecule has 0 bridgehead atoms. The van der Waals surface area contributed by atoms with Gasteiger partial charge in [0.15, 0.2) is 5.75 Å². The fourth-order valence-electron chi connectivity index (χ4n) is 1.60. The van der Waals surface area contributed by atoms with Crippen molar-refractivity contribution >= 4 is 34.2 Å². The van der Waals surface area contributed by atoms with E-state index in [-0.39, 0.29) is 12.5 Å². The summed E-state index contributed by atoms with van der Waals surface area (Å²) in [5.41, 5.74) is 6.75. The average molecular weight is 371 g/mol. The number of anilines is 1. The van der Waals surface area contributed by atoms with Crippen molar-refractivity contribution < 1.29 is 9.53 Å². The zero-order valence-corrected chi connectivity index (χ0v) is 12.4. The molecule has 19 heavy (non-hydrogen) atoms. The smallest absolute Gasteiger partial charge is 0.223 e. The lowest BCUT2D eigenvalue weighted by Crippen LogP contribution is -2.26. The molecule has 0 saturated heterocycles. The first-order valence-corrected chi connectivity index (χ1v) is 7.09. The summed E-state index contributed by atoms with van der Waals surface area (Å²) in [6.07, 6.45) is 2.46. The Labute approximate surface area is 125 Å². The summed E-state index contributed by atoms with van der Waals surface area (Å²) < 4.78 is 6.31. The maximum Gasteiger partial charge on any atom is 0.223 e. The quantitative estimate of drug-likeness (QED) is 0.610. The van der Waals surface area contributed by atoms with Gasteiger partial charge in [-0.05, 0) is 47.6 Å². The first-order valence-electron chi connectivity index (χ1n) is 6.01. The van der Waals surface area contributed by atoms with Gasteiger partial charge in [-0.1, -0.05) is 0 Å². The van der Waals surface area contributed by atoms with Crippen molar-refractivity contribution in [3.63, 3.8) is 0 Å². The third kappa shape index (κ3) is 3.99. The first-order chi connectivity index (χ1) is 9.10. The summed E-state index contributed by atoms with van der Waals surface area (Å²) >= 11 is 2.07. The molecule has 6 heteroatoms. The molecule has 0 radical (unpaired) electrons. The predicted octanol–water partition coefficient (Wildman–Crippen LogP) is 1.79. The van der Waals surface area contributed by atoms with Gasteiger partial charge in [0, 0.05) is 6.04 Å². The van der Waals surface area contributed by atoms with E-state index in [4.69, 9.17) is 15.7 Å². The van der Waals surface area contributed by atoms with Gasteiger partial charge in [-0.15, -0.1) is 0 Å². The molecule has 1 aromatic carbocycles. The Balaban J connectivity index is 1.88. The highest BCUT2D eigenvalue weighted by molar-refractivity contribution is 14.1. The van der Waals surface area contributed by atoms with Crippen molar-refractivity contribution in [1.82, 2.24) is 5.32 Å². The number of hydrogen-bond acceptors (Lipinski definition) is 4. The lowest BCUT2D eigenvalue weighted by Gasteiger charge is -2.11. The Morgan fingerprint density at radius 3 is 2.89 bits per heavy atom. The Morgan fingerprint density at radius 1 is 1.58 bits per heavy atom. The minimum Gasteiger partial charge on any atom is -0.490 e. The van der Waals surface area contributed by atoms with E-state index in [1.165, 1.54) is 0 Å². The third-order valence-corrected chi connectivity index (χ3v) is 3.52. The van der Waals surface area contributed by atoms with Crippen molar-refractivity contribution in [1.29, 1.82) is 5.26 Å². The number of halogens is 1. The van der Waals surface area contributed by atoms with E-state index in [2.05, 4.69) is 27.9 Å². The summed E-state index contributed by atoms with van der Waals surface area (Å²) in [5, 5.41) is 11.7. The van der Waals surface area contributed by atoms with Crippen LogP contribution in [0.5, 0.6) is 5.75 Å². The number of benzene rings is 1. The second-order valence-electron chi connectivity index (χ2n) is 4.43. The van der Waals surface area contributed by atoms with Crippen LogP contribution in [0.4, 0.5) is 5.69 Å². The standard InChI is InChI=1S/C13H14IN3O2/c14-10-5-8(7-15)6-11(16)13(10)19-4-3-12(18)17-9-1-2-9/h5-6,9H,1-4,16H2,(H,17,18). The Hall–Kier alpha value is -1.49. The fourth-order valence-corrected chi connectivity index (χ4v) is 2.41. The van der Waals surface area contributed by atoms with E-state index >= 15 is 0 Å². The van der Waals surface area contributed by atoms with Gasteiger partial charge in [0.25, 0.3) is 0 Å². The Kier molecular flexibility index (Phi) is 4.47. The van der Waals surface area contributed by atoms with Gasteiger partial charge in [0.05, 0.1) is 33.9 Å². The van der Waals surface area contributed by atoms with E-state index in [1.807, 2.05) is 6.07 Å². The number of nitrogens with zero attached hydrogens (tertiary/aromatic N) is 1. The number of carbonyl (C=O) groups is 1. The molecular formula is C13H14IN3O2. The molecule has 1 fully saturated rings. The number of amides is 1. The van der Waals surface area contributed by atoms with Crippen molar-refractivity contribution in [3.05, 3.63) is 21.3 Å². The van der Waals surface area contributed by atoms with Gasteiger partial charge in [-0.25, -0.2) is 0 Å². The van der Waals surface area contributed by atoms with Crippen LogP contribution < -0.4 is 15.8 Å². The molecular weight excluding hydrogens is 357 g/mol. The van der Waals surface area contributed by atoms with Crippen LogP contribution in [0.2, 0.25) is 0 Å². The second-order valence-corrected chi connectivity index (χ2v) is 5.59. The SMILES string of the molecule is N#Cc1cc(N)c(OCCC(=O)NC2CC2)c(I)c1. The molecule has 2 rings (SSSR count). The minimum absolute atomic E-state index is 0.00437. The van der Waals surface area contributed by atoms with Crippen LogP contribution in [-0.4, -0.2) is 18.6 Å². The molecule has 1 saturated carbocycles. The number of nitrogens with one attached hydrogen (secondary N) is 1. The van der Waals surface area contributed by atoms with Crippen molar-refractivity contribution in [2.24, 2.45) is 0 Å². The average Bonchev–Trinajstić information content (AvgIpc) is 3.16. The van der Waals surface area contributed by atoms with Crippen molar-refractivity contribution in [3.8, 4) is 11.8 Å². The van der Waals surface area contributed by atoms with Gasteiger partial charge in [0.2, 0.25) is 5.91 Å². The topological polar surface area (TPSA) is 88.1 Å². The number of nitriles is 1. The molecule has 1 amide bonds. The zero-order valence-electron chi connectivity index (χ0n) is 10.3. The number of rotatable bonds is 5. The summed E-state index contributed by atoms with van der Waals surface area (Å²) in [6.45, 7) is 0.282. The minimum atomic E-state index is 0.00437. The van der Waals surface area contributed by atoms with E-state index in [0.29, 0.717) is 29.5 Å². The summed E-state index contributed by atoms with van der Waals surface area (Å²) in [4.78, 5) is 11.5. The number of hydrogen-bond donors (Lipinski definition) is 2. The summed E-state index contributed by atoms with van der Waals surface area (Å²) in [6, 6.07) is 5.68. The van der Waals surface area contributed by atoms with Gasteiger partial charge >= 0.3 is 0 Å². The summed E-state index contributed by atoms with van der Waals surface area (Å²) in [7, 11) is 0. The molecule has 100 valence electrons. The molecule has 1 aliphatic carbocycles. The largest absolute Gasteiger partial charge is 0.490 e. The molecule has 1 aromatic rings. The molecule has 5 nitrogen and oxygen atoms in total. The molecule has 0 aromatic heterocycles. The highest BCUT2D eigenvalue weighted by Crippen LogP contribution is 2.29. The van der Waals surface area contributed by atoms with Gasteiger partial charge < -0.3 is 15.8 Å². The Bertz CT molecular complexity index is 512. The van der Waals surface area contributed by atoms with Gasteiger partial charge in [-0.3, -0.25) is 4.79 Å². The molecule has 1 aliphatic rings. The maximum absolute atomic E-state index is 11.5. The van der Waals surface area contributed by atoms with Crippen LogP contribution in [-0.2, 0) is 4.79 Å². The zero-order chi connectivity index (χ0) is 13.8. The van der Waals surface area contributed by atoms with Crippen LogP contribution in [0.15, 0.2) is 12.1 Å². The Morgan fingerprint density at radius 2 is 2.32 bits per heavy atom. The van der Waals surface area contributed by atoms with Crippen LogP contribution in [0, 0.1) is 14.9 Å². The van der Waals surface area contributed by atoms with Crippen LogP contribution in [0.25, 0.3) is 0 Å². The van der Waals surface area contributed by atoms with Gasteiger partial charge in [0.1, 0.15) is 0 Å². The predicted molar refractivity (Wildman–Crippen MR) is 79.6 cm³/mol. The molecule has 0 atom stereocenters. The van der Waals surface area contributed by atoms with E-state index in [1.54, 1.807) is 12.1 Å². The number of ether oxygens (including phenoxy) is 1. The van der Waals surface area contributed by atoms with Crippen molar-refractivity contribution in [2.45, 2.75) is 25.3 Å². The van der Waals surface area contributed by atoms with Crippen molar-refractivity contribution in [2.75, 3.05) is 12.3 Å². The summed E-state index contributed by atoms with van der Waals surface area (Å²) in [5.74, 6) is 0.545. The van der Waals surface area contributed by atoms with Crippen LogP contribution in [0.3, 0.4) is 0 Å². The lowest BCUT2D eigenvalue weighted by molar-refractivity contribution is -0.121. The van der Waals surface area contributed by atoms with Gasteiger partial charge in [-0.2, -0.15) is 5.26 Å². The molecule has 0 spiro atoms. The molecule has 0 aliphatic heterocycles. The highest BCUT2D eigenvalue weighted by Gasteiger charge is 2.23. The van der Waals surface area contributed by atoms with Crippen LogP contribution >= 0.6 is 22.6 Å². The number of nitrogen functional groups attached to an aromatic ring is 1. The van der Waals surface area contributed by atoms with E-state index in [9.17, 15) is 4.79 Å². The van der Waals surface area contributed by atoms with E-state index in [0.717, 1.165) is 16.4 Å². The monoisotopic (exact) mass is 371 g/mol. The molecule has 0 heterocycles. The lowest BCUT2D eigenvalue weighted by atomic mass is 10.2. The normalized spacial score (nSPS) is 13.7. The second kappa shape index (κ2) is 6.10. The molecule has 0 unspecified atom stereocenters. The number of nitrogens with two attached hydrogens (primary N) is 1. The van der Waals surface area contributed by atoms with E-state index < -0.39 is 0 Å².